The molecule has 12 heteroatoms. The zero-order valence-corrected chi connectivity index (χ0v) is 25.0. The number of rotatable bonds is 8. The van der Waals surface area contributed by atoms with E-state index >= 15 is 0 Å². The number of hydrogen-bond donors (Lipinski definition) is 1. The van der Waals surface area contributed by atoms with Crippen LogP contribution in [0.5, 0.6) is 0 Å². The lowest BCUT2D eigenvalue weighted by atomic mass is 9.83. The molecule has 0 aromatic carbocycles. The third-order valence-corrected chi connectivity index (χ3v) is 9.56. The number of amides is 1. The normalized spacial score (nSPS) is 18.9. The largest absolute Gasteiger partial charge is 0.412 e. The van der Waals surface area contributed by atoms with E-state index < -0.39 is 25.1 Å². The van der Waals surface area contributed by atoms with Gasteiger partial charge in [-0.15, -0.1) is 11.3 Å². The van der Waals surface area contributed by atoms with E-state index in [4.69, 9.17) is 16.0 Å². The third kappa shape index (κ3) is 6.71. The summed E-state index contributed by atoms with van der Waals surface area (Å²) in [6.45, 7) is 10.5. The summed E-state index contributed by atoms with van der Waals surface area (Å²) in [5, 5.41) is 2.11. The van der Waals surface area contributed by atoms with Gasteiger partial charge in [0.05, 0.1) is 29.6 Å². The van der Waals surface area contributed by atoms with Crippen LogP contribution in [0, 0.1) is 5.41 Å². The van der Waals surface area contributed by atoms with Crippen LogP contribution in [0.1, 0.15) is 31.3 Å². The van der Waals surface area contributed by atoms with Crippen molar-refractivity contribution in [1.29, 1.82) is 0 Å². The fraction of sp³-hybridized carbons (Fsp3) is 0.440. The highest BCUT2D eigenvalue weighted by molar-refractivity contribution is 7.92. The van der Waals surface area contributed by atoms with E-state index in [-0.39, 0.29) is 30.5 Å². The minimum absolute atomic E-state index is 0.141. The fourth-order valence-corrected chi connectivity index (χ4v) is 7.71. The Morgan fingerprint density at radius 1 is 1.32 bits per heavy atom. The number of carbonyl (C=O) groups is 1. The number of sulfonamides is 1. The summed E-state index contributed by atoms with van der Waals surface area (Å²) in [6, 6.07) is 6.88. The molecule has 8 nitrogen and oxygen atoms in total. The van der Waals surface area contributed by atoms with Crippen LogP contribution in [0.3, 0.4) is 0 Å². The van der Waals surface area contributed by atoms with E-state index in [1.807, 2.05) is 25.2 Å². The molecule has 0 bridgehead atoms. The number of hydrogen-bond acceptors (Lipinski definition) is 6. The number of nitrogens with one attached hydrogen (secondary N) is 1. The van der Waals surface area contributed by atoms with Crippen LogP contribution < -0.4 is 0 Å². The number of pyridine rings is 1. The van der Waals surface area contributed by atoms with Gasteiger partial charge >= 0.3 is 0 Å². The van der Waals surface area contributed by atoms with Gasteiger partial charge in [-0.25, -0.2) is 8.42 Å². The first-order valence-electron chi connectivity index (χ1n) is 11.9. The molecule has 199 valence electrons. The van der Waals surface area contributed by atoms with Crippen LogP contribution in [0.15, 0.2) is 42.1 Å². The van der Waals surface area contributed by atoms with E-state index in [2.05, 4.69) is 30.7 Å². The highest BCUT2D eigenvalue weighted by atomic mass is 35.5. The summed E-state index contributed by atoms with van der Waals surface area (Å²) >= 11 is 7.27. The van der Waals surface area contributed by atoms with Crippen LogP contribution in [-0.2, 0) is 25.8 Å². The lowest BCUT2D eigenvalue weighted by Crippen LogP contribution is -2.63. The number of H-pyrrole nitrogens is 1. The Morgan fingerprint density at radius 3 is 2.70 bits per heavy atom. The maximum absolute atomic E-state index is 13.6. The van der Waals surface area contributed by atoms with Crippen molar-refractivity contribution >= 4 is 64.9 Å². The van der Waals surface area contributed by atoms with Crippen molar-refractivity contribution in [2.45, 2.75) is 52.6 Å². The van der Waals surface area contributed by atoms with Gasteiger partial charge in [0, 0.05) is 45.8 Å². The summed E-state index contributed by atoms with van der Waals surface area (Å²) in [5.74, 6) is -0.261. The van der Waals surface area contributed by atoms with Crippen LogP contribution >= 0.6 is 22.9 Å². The molecular formula is C25H32ClN4O4S2Si. The first-order valence-corrected chi connectivity index (χ1v) is 17.1. The van der Waals surface area contributed by atoms with Crippen LogP contribution in [0.25, 0.3) is 17.0 Å². The minimum Gasteiger partial charge on any atom is -0.412 e. The van der Waals surface area contributed by atoms with Crippen LogP contribution in [0.2, 0.25) is 17.4 Å². The topological polar surface area (TPSA) is 95.6 Å². The Kier molecular flexibility index (Phi) is 8.32. The zero-order chi connectivity index (χ0) is 27.0. The molecule has 4 rings (SSSR count). The number of thiophene rings is 1. The molecule has 1 N–H and O–H groups in total. The summed E-state index contributed by atoms with van der Waals surface area (Å²) in [6.07, 6.45) is 4.65. The summed E-state index contributed by atoms with van der Waals surface area (Å²) < 4.78 is 35.0. The van der Waals surface area contributed by atoms with Gasteiger partial charge in [-0.3, -0.25) is 9.78 Å². The molecule has 37 heavy (non-hydrogen) atoms. The van der Waals surface area contributed by atoms with Gasteiger partial charge in [-0.05, 0) is 48.9 Å². The van der Waals surface area contributed by atoms with Crippen molar-refractivity contribution in [3.8, 4) is 0 Å². The highest BCUT2D eigenvalue weighted by Crippen LogP contribution is 2.33. The maximum Gasteiger partial charge on any atom is 0.238 e. The monoisotopic (exact) mass is 579 g/mol. The van der Waals surface area contributed by atoms with Gasteiger partial charge < -0.3 is 14.3 Å². The Labute approximate surface area is 229 Å². The SMILES string of the molecule is C[Si](C)O[C@@H](C1CN(S(=O)(=O)/C=C/c2ccc(Cl)s2)CC(=O)N1Cc1cc2cnccc2[nH]1)C(C)(C)C. The molecule has 1 aliphatic rings. The number of nitrogens with zero attached hydrogens (tertiary/aromatic N) is 3. The minimum atomic E-state index is -3.86. The van der Waals surface area contributed by atoms with Gasteiger partial charge in [0.15, 0.2) is 0 Å². The molecule has 1 unspecified atom stereocenters. The molecule has 0 spiro atoms. The Bertz CT molecular complexity index is 1360. The fourth-order valence-electron chi connectivity index (χ4n) is 4.50. The molecule has 1 aliphatic heterocycles. The molecule has 1 amide bonds. The lowest BCUT2D eigenvalue weighted by Gasteiger charge is -2.47. The zero-order valence-electron chi connectivity index (χ0n) is 21.6. The predicted molar refractivity (Wildman–Crippen MR) is 151 cm³/mol. The smallest absolute Gasteiger partial charge is 0.238 e. The first kappa shape index (κ1) is 28.0. The molecule has 0 saturated carbocycles. The molecule has 1 saturated heterocycles. The average molecular weight is 580 g/mol. The third-order valence-electron chi connectivity index (χ3n) is 6.16. The maximum atomic E-state index is 13.6. The van der Waals surface area contributed by atoms with Gasteiger partial charge in [0.2, 0.25) is 25.0 Å². The van der Waals surface area contributed by atoms with Crippen LogP contribution in [0.4, 0.5) is 0 Å². The van der Waals surface area contributed by atoms with Gasteiger partial charge in [0.1, 0.15) is 0 Å². The summed E-state index contributed by atoms with van der Waals surface area (Å²) in [4.78, 5) is 23.6. The van der Waals surface area contributed by atoms with Crippen molar-refractivity contribution in [3.05, 3.63) is 57.0 Å². The number of fused-ring (bicyclic) bond motifs is 1. The van der Waals surface area contributed by atoms with E-state index in [1.54, 1.807) is 29.4 Å². The molecular weight excluding hydrogens is 548 g/mol. The van der Waals surface area contributed by atoms with E-state index in [0.717, 1.165) is 26.9 Å². The Hall–Kier alpha value is -2.02. The van der Waals surface area contributed by atoms with Crippen molar-refractivity contribution in [2.24, 2.45) is 5.41 Å². The van der Waals surface area contributed by atoms with Crippen molar-refractivity contribution in [3.63, 3.8) is 0 Å². The van der Waals surface area contributed by atoms with E-state index in [9.17, 15) is 13.2 Å². The molecule has 3 aromatic rings. The molecule has 1 radical (unpaired) electrons. The standard InChI is InChI=1S/C25H32ClN4O4S2Si/c1-25(2,3)24(34-37(4)5)21-15-29(36(32,33)11-9-19-6-7-22(26)35-19)16-23(31)30(21)14-18-12-17-13-27-10-8-20(17)28-18/h6-13,21,24,28H,14-16H2,1-5H3/b11-9+/t21?,24-/m0/s1. The average Bonchev–Trinajstić information content (AvgIpc) is 3.41. The first-order chi connectivity index (χ1) is 17.3. The van der Waals surface area contributed by atoms with Crippen molar-refractivity contribution in [2.75, 3.05) is 13.1 Å². The number of piperazine rings is 1. The summed E-state index contributed by atoms with van der Waals surface area (Å²) in [7, 11) is -5.00. The van der Waals surface area contributed by atoms with Crippen molar-refractivity contribution in [1.82, 2.24) is 19.2 Å². The highest BCUT2D eigenvalue weighted by Gasteiger charge is 2.45. The number of halogens is 1. The lowest BCUT2D eigenvalue weighted by molar-refractivity contribution is -0.144. The second kappa shape index (κ2) is 11.0. The number of aromatic amines is 1. The predicted octanol–water partition coefficient (Wildman–Crippen LogP) is 4.97. The molecule has 2 atom stereocenters. The molecule has 4 heterocycles. The molecule has 1 fully saturated rings. The molecule has 3 aromatic heterocycles. The van der Waals surface area contributed by atoms with Crippen LogP contribution in [-0.4, -0.2) is 67.8 Å². The second-order valence-electron chi connectivity index (χ2n) is 10.4. The number of carbonyl (C=O) groups excluding carboxylic acids is 1. The van der Waals surface area contributed by atoms with E-state index in [1.165, 1.54) is 21.7 Å². The van der Waals surface area contributed by atoms with Gasteiger partial charge in [-0.1, -0.05) is 32.4 Å². The number of aromatic nitrogens is 2. The quantitative estimate of drug-likeness (QED) is 0.380. The second-order valence-corrected chi connectivity index (χ2v) is 16.1. The Morgan fingerprint density at radius 2 is 2.08 bits per heavy atom. The van der Waals surface area contributed by atoms with E-state index in [0.29, 0.717) is 10.9 Å². The molecule has 0 aliphatic carbocycles. The Balaban J connectivity index is 1.67. The van der Waals surface area contributed by atoms with Gasteiger partial charge in [0.25, 0.3) is 0 Å². The van der Waals surface area contributed by atoms with Gasteiger partial charge in [-0.2, -0.15) is 4.31 Å². The summed E-state index contributed by atoms with van der Waals surface area (Å²) in [5.41, 5.74) is 1.47. The van der Waals surface area contributed by atoms with Crippen molar-refractivity contribution < 1.29 is 17.6 Å².